The van der Waals surface area contributed by atoms with Crippen LogP contribution in [0, 0.1) is 5.92 Å². The Morgan fingerprint density at radius 2 is 2.17 bits per heavy atom. The van der Waals surface area contributed by atoms with Crippen molar-refractivity contribution in [3.63, 3.8) is 0 Å². The highest BCUT2D eigenvalue weighted by Gasteiger charge is 2.10. The summed E-state index contributed by atoms with van der Waals surface area (Å²) < 4.78 is 0. The van der Waals surface area contributed by atoms with Crippen LogP contribution in [0.1, 0.15) is 25.8 Å². The minimum atomic E-state index is -0.00585. The van der Waals surface area contributed by atoms with Crippen molar-refractivity contribution in [3.05, 3.63) is 36.3 Å². The molecule has 2 aromatic heterocycles. The third kappa shape index (κ3) is 3.71. The first kappa shape index (κ1) is 15.1. The van der Waals surface area contributed by atoms with Crippen LogP contribution in [0.5, 0.6) is 0 Å². The van der Waals surface area contributed by atoms with Crippen molar-refractivity contribution in [2.24, 2.45) is 10.9 Å². The molecule has 2 aromatic rings. The molecule has 1 amide bonds. The summed E-state index contributed by atoms with van der Waals surface area (Å²) in [4.78, 5) is 24.7. The molecule has 0 unspecified atom stereocenters. The molecule has 0 radical (unpaired) electrons. The largest absolute Gasteiger partial charge is 0.364 e. The molecular formula is C17H19N5O. The maximum atomic E-state index is 11.9. The lowest BCUT2D eigenvalue weighted by atomic mass is 10.1. The highest BCUT2D eigenvalue weighted by molar-refractivity contribution is 5.92. The second kappa shape index (κ2) is 6.56. The Morgan fingerprint density at radius 1 is 1.30 bits per heavy atom. The van der Waals surface area contributed by atoms with E-state index in [1.165, 1.54) is 0 Å². The summed E-state index contributed by atoms with van der Waals surface area (Å²) in [6.45, 7) is 4.61. The predicted molar refractivity (Wildman–Crippen MR) is 91.6 cm³/mol. The number of amides is 1. The molecule has 0 aromatic carbocycles. The fraction of sp³-hybridized carbons (Fsp3) is 0.294. The number of hydrogen-bond donors (Lipinski definition) is 2. The highest BCUT2D eigenvalue weighted by Crippen LogP contribution is 2.24. The number of pyridine rings is 2. The first-order valence-corrected chi connectivity index (χ1v) is 7.61. The number of fused-ring (bicyclic) bond motifs is 1. The normalized spacial score (nSPS) is 12.7. The van der Waals surface area contributed by atoms with Crippen LogP contribution in [-0.4, -0.2) is 28.8 Å². The number of aliphatic imine (C=N–C) groups is 1. The molecule has 23 heavy (non-hydrogen) atoms. The van der Waals surface area contributed by atoms with Gasteiger partial charge in [0.05, 0.1) is 29.5 Å². The number of nitrogens with zero attached hydrogens (tertiary/aromatic N) is 3. The highest BCUT2D eigenvalue weighted by atomic mass is 16.1. The summed E-state index contributed by atoms with van der Waals surface area (Å²) in [6.07, 6.45) is 7.49. The van der Waals surface area contributed by atoms with Crippen LogP contribution in [0.4, 0.5) is 11.4 Å². The van der Waals surface area contributed by atoms with E-state index in [0.717, 1.165) is 22.5 Å². The van der Waals surface area contributed by atoms with Gasteiger partial charge in [-0.25, -0.2) is 0 Å². The van der Waals surface area contributed by atoms with Crippen molar-refractivity contribution in [2.75, 3.05) is 17.3 Å². The SMILES string of the molecule is CC(C)CC(=O)Nc1cncc(-c2cc3c(cn2)NCN=C3)c1. The minimum absolute atomic E-state index is 0.00585. The smallest absolute Gasteiger partial charge is 0.224 e. The number of carbonyl (C=O) groups is 1. The van der Waals surface area contributed by atoms with Crippen LogP contribution in [0.3, 0.4) is 0 Å². The standard InChI is InChI=1S/C17H19N5O/c1-11(2)3-17(23)22-14-4-12(6-18-8-14)15-5-13-7-19-10-21-16(13)9-20-15/h4-9,11,21H,3,10H2,1-2H3,(H,22,23). The molecule has 6 nitrogen and oxygen atoms in total. The molecule has 0 spiro atoms. The lowest BCUT2D eigenvalue weighted by Gasteiger charge is -2.13. The van der Waals surface area contributed by atoms with Gasteiger partial charge >= 0.3 is 0 Å². The summed E-state index contributed by atoms with van der Waals surface area (Å²) in [5.74, 6) is 0.314. The predicted octanol–water partition coefficient (Wildman–Crippen LogP) is 2.93. The molecule has 0 saturated carbocycles. The average Bonchev–Trinajstić information content (AvgIpc) is 2.54. The van der Waals surface area contributed by atoms with E-state index in [-0.39, 0.29) is 5.91 Å². The molecule has 1 aliphatic heterocycles. The Bertz CT molecular complexity index is 754. The molecule has 0 aliphatic carbocycles. The van der Waals surface area contributed by atoms with Crippen molar-refractivity contribution in [2.45, 2.75) is 20.3 Å². The molecule has 0 atom stereocenters. The van der Waals surface area contributed by atoms with Gasteiger partial charge in [0.25, 0.3) is 0 Å². The topological polar surface area (TPSA) is 79.3 Å². The van der Waals surface area contributed by atoms with E-state index in [0.29, 0.717) is 24.7 Å². The van der Waals surface area contributed by atoms with Crippen LogP contribution >= 0.6 is 0 Å². The van der Waals surface area contributed by atoms with E-state index in [2.05, 4.69) is 25.6 Å². The number of nitrogens with one attached hydrogen (secondary N) is 2. The lowest BCUT2D eigenvalue weighted by molar-refractivity contribution is -0.116. The maximum Gasteiger partial charge on any atom is 0.224 e. The van der Waals surface area contributed by atoms with Gasteiger partial charge in [-0.1, -0.05) is 13.8 Å². The van der Waals surface area contributed by atoms with E-state index in [9.17, 15) is 4.79 Å². The molecule has 0 saturated heterocycles. The third-order valence-corrected chi connectivity index (χ3v) is 3.44. The van der Waals surface area contributed by atoms with Crippen molar-refractivity contribution in [1.29, 1.82) is 0 Å². The van der Waals surface area contributed by atoms with Crippen molar-refractivity contribution in [1.82, 2.24) is 9.97 Å². The van der Waals surface area contributed by atoms with Crippen LogP contribution < -0.4 is 10.6 Å². The Hall–Kier alpha value is -2.76. The number of rotatable bonds is 4. The quantitative estimate of drug-likeness (QED) is 0.910. The summed E-state index contributed by atoms with van der Waals surface area (Å²) in [5, 5.41) is 6.04. The minimum Gasteiger partial charge on any atom is -0.364 e. The molecule has 0 fully saturated rings. The zero-order chi connectivity index (χ0) is 16.2. The zero-order valence-corrected chi connectivity index (χ0v) is 13.2. The Labute approximate surface area is 135 Å². The number of hydrogen-bond acceptors (Lipinski definition) is 5. The van der Waals surface area contributed by atoms with Gasteiger partial charge in [0, 0.05) is 30.0 Å². The fourth-order valence-corrected chi connectivity index (χ4v) is 2.39. The first-order valence-electron chi connectivity index (χ1n) is 7.61. The van der Waals surface area contributed by atoms with Crippen molar-refractivity contribution in [3.8, 4) is 11.3 Å². The molecule has 6 heteroatoms. The summed E-state index contributed by atoms with van der Waals surface area (Å²) >= 11 is 0. The Morgan fingerprint density at radius 3 is 3.00 bits per heavy atom. The monoisotopic (exact) mass is 309 g/mol. The molecule has 3 heterocycles. The van der Waals surface area contributed by atoms with E-state index in [4.69, 9.17) is 0 Å². The maximum absolute atomic E-state index is 11.9. The van der Waals surface area contributed by atoms with E-state index in [1.54, 1.807) is 18.6 Å². The van der Waals surface area contributed by atoms with Gasteiger partial charge in [-0.2, -0.15) is 0 Å². The number of aromatic nitrogens is 2. The average molecular weight is 309 g/mol. The van der Waals surface area contributed by atoms with E-state index in [1.807, 2.05) is 32.2 Å². The molecule has 1 aliphatic rings. The van der Waals surface area contributed by atoms with Crippen molar-refractivity contribution >= 4 is 23.5 Å². The number of anilines is 2. The van der Waals surface area contributed by atoms with Gasteiger partial charge < -0.3 is 10.6 Å². The first-order chi connectivity index (χ1) is 11.1. The van der Waals surface area contributed by atoms with Gasteiger partial charge in [0.2, 0.25) is 5.91 Å². The Balaban J connectivity index is 1.83. The van der Waals surface area contributed by atoms with Crippen LogP contribution in [0.15, 0.2) is 35.7 Å². The van der Waals surface area contributed by atoms with Gasteiger partial charge in [0.15, 0.2) is 0 Å². The molecule has 118 valence electrons. The summed E-state index contributed by atoms with van der Waals surface area (Å²) in [7, 11) is 0. The van der Waals surface area contributed by atoms with Gasteiger partial charge in [-0.05, 0) is 18.1 Å². The lowest BCUT2D eigenvalue weighted by Crippen LogP contribution is -2.14. The molecule has 0 bridgehead atoms. The summed E-state index contributed by atoms with van der Waals surface area (Å²) in [5.41, 5.74) is 4.30. The van der Waals surface area contributed by atoms with Gasteiger partial charge in [0.1, 0.15) is 6.67 Å². The molecule has 2 N–H and O–H groups in total. The van der Waals surface area contributed by atoms with Crippen LogP contribution in [0.2, 0.25) is 0 Å². The van der Waals surface area contributed by atoms with Crippen LogP contribution in [-0.2, 0) is 4.79 Å². The second-order valence-corrected chi connectivity index (χ2v) is 5.91. The van der Waals surface area contributed by atoms with E-state index < -0.39 is 0 Å². The zero-order valence-electron chi connectivity index (χ0n) is 13.2. The van der Waals surface area contributed by atoms with Crippen LogP contribution in [0.25, 0.3) is 11.3 Å². The molecular weight excluding hydrogens is 290 g/mol. The van der Waals surface area contributed by atoms with E-state index >= 15 is 0 Å². The molecule has 3 rings (SSSR count). The number of carbonyl (C=O) groups excluding carboxylic acids is 1. The fourth-order valence-electron chi connectivity index (χ4n) is 2.39. The van der Waals surface area contributed by atoms with Gasteiger partial charge in [-0.15, -0.1) is 0 Å². The Kier molecular flexibility index (Phi) is 4.32. The second-order valence-electron chi connectivity index (χ2n) is 5.91. The third-order valence-electron chi connectivity index (χ3n) is 3.44. The van der Waals surface area contributed by atoms with Crippen molar-refractivity contribution < 1.29 is 4.79 Å². The summed E-state index contributed by atoms with van der Waals surface area (Å²) in [6, 6.07) is 3.84. The van der Waals surface area contributed by atoms with Gasteiger partial charge in [-0.3, -0.25) is 19.8 Å².